The van der Waals surface area contributed by atoms with E-state index in [1.165, 1.54) is 12.8 Å². The Kier molecular flexibility index (Phi) is 4.25. The molecule has 0 amide bonds. The molecule has 1 nitrogen and oxygen atoms in total. The van der Waals surface area contributed by atoms with Gasteiger partial charge in [-0.05, 0) is 31.1 Å². The van der Waals surface area contributed by atoms with Crippen molar-refractivity contribution in [3.63, 3.8) is 0 Å². The van der Waals surface area contributed by atoms with Gasteiger partial charge in [-0.2, -0.15) is 13.2 Å². The maximum Gasteiger partial charge on any atom is 0.411 e. The molecule has 1 rings (SSSR count). The lowest BCUT2D eigenvalue weighted by molar-refractivity contribution is -0.174. The fraction of sp³-hybridized carbons (Fsp3) is 1.00. The van der Waals surface area contributed by atoms with Gasteiger partial charge in [-0.25, -0.2) is 0 Å². The average Bonchev–Trinajstić information content (AvgIpc) is 2.83. The van der Waals surface area contributed by atoms with Crippen LogP contribution in [0.3, 0.4) is 0 Å². The van der Waals surface area contributed by atoms with Gasteiger partial charge in [0.1, 0.15) is 6.61 Å². The summed E-state index contributed by atoms with van der Waals surface area (Å²) >= 11 is 3.41. The smallest absolute Gasteiger partial charge is 0.372 e. The van der Waals surface area contributed by atoms with E-state index in [0.29, 0.717) is 5.41 Å². The van der Waals surface area contributed by atoms with Gasteiger partial charge in [-0.1, -0.05) is 15.9 Å². The molecule has 0 N–H and O–H groups in total. The van der Waals surface area contributed by atoms with Gasteiger partial charge >= 0.3 is 6.18 Å². The third-order valence-corrected chi connectivity index (χ3v) is 3.69. The summed E-state index contributed by atoms with van der Waals surface area (Å²) in [6.07, 6.45) is -0.112. The van der Waals surface area contributed by atoms with Crippen LogP contribution in [0.15, 0.2) is 0 Å². The molecule has 0 aromatic carbocycles. The first-order valence-corrected chi connectivity index (χ1v) is 5.80. The average molecular weight is 275 g/mol. The van der Waals surface area contributed by atoms with Crippen molar-refractivity contribution in [2.75, 3.05) is 18.5 Å². The summed E-state index contributed by atoms with van der Waals surface area (Å²) in [4.78, 5) is 0. The van der Waals surface area contributed by atoms with Crippen LogP contribution in [0.25, 0.3) is 0 Å². The molecule has 5 heteroatoms. The second-order valence-electron chi connectivity index (χ2n) is 3.90. The minimum absolute atomic E-state index is 0.217. The van der Waals surface area contributed by atoms with Crippen LogP contribution in [-0.4, -0.2) is 24.7 Å². The molecule has 0 spiro atoms. The molecule has 14 heavy (non-hydrogen) atoms. The molecule has 0 aromatic rings. The Morgan fingerprint density at radius 2 is 1.93 bits per heavy atom. The van der Waals surface area contributed by atoms with E-state index in [1.54, 1.807) is 0 Å². The molecule has 84 valence electrons. The first-order chi connectivity index (χ1) is 6.47. The highest BCUT2D eigenvalue weighted by Gasteiger charge is 2.40. The van der Waals surface area contributed by atoms with Crippen LogP contribution in [-0.2, 0) is 4.74 Å². The zero-order valence-corrected chi connectivity index (χ0v) is 9.46. The highest BCUT2D eigenvalue weighted by Crippen LogP contribution is 2.50. The lowest BCUT2D eigenvalue weighted by Gasteiger charge is -2.11. The maximum atomic E-state index is 11.7. The van der Waals surface area contributed by atoms with E-state index in [4.69, 9.17) is 0 Å². The SMILES string of the molecule is FC(F)(F)COCCCC1(CBr)CC1. The normalized spacial score (nSPS) is 19.7. The predicted octanol–water partition coefficient (Wildman–Crippen LogP) is 3.52. The van der Waals surface area contributed by atoms with Crippen LogP contribution < -0.4 is 0 Å². The van der Waals surface area contributed by atoms with Crippen molar-refractivity contribution in [2.45, 2.75) is 31.9 Å². The van der Waals surface area contributed by atoms with E-state index in [0.717, 1.165) is 18.2 Å². The van der Waals surface area contributed by atoms with E-state index in [-0.39, 0.29) is 6.61 Å². The predicted molar refractivity (Wildman–Crippen MR) is 51.6 cm³/mol. The van der Waals surface area contributed by atoms with E-state index in [1.807, 2.05) is 0 Å². The fourth-order valence-electron chi connectivity index (χ4n) is 1.36. The Morgan fingerprint density at radius 3 is 2.36 bits per heavy atom. The highest BCUT2D eigenvalue weighted by molar-refractivity contribution is 9.09. The first kappa shape index (κ1) is 12.3. The lowest BCUT2D eigenvalue weighted by Crippen LogP contribution is -2.17. The third-order valence-electron chi connectivity index (χ3n) is 2.50. The number of ether oxygens (including phenoxy) is 1. The van der Waals surface area contributed by atoms with Crippen molar-refractivity contribution in [3.8, 4) is 0 Å². The summed E-state index contributed by atoms with van der Waals surface area (Å²) in [5, 5.41) is 0.958. The number of rotatable bonds is 6. The largest absolute Gasteiger partial charge is 0.411 e. The summed E-state index contributed by atoms with van der Waals surface area (Å²) in [6, 6.07) is 0. The van der Waals surface area contributed by atoms with Crippen molar-refractivity contribution in [1.29, 1.82) is 0 Å². The Hall–Kier alpha value is 0.230. The molecule has 0 radical (unpaired) electrons. The Morgan fingerprint density at radius 1 is 1.29 bits per heavy atom. The summed E-state index contributed by atoms with van der Waals surface area (Å²) in [5.41, 5.74) is 0.377. The van der Waals surface area contributed by atoms with Crippen LogP contribution >= 0.6 is 15.9 Å². The highest BCUT2D eigenvalue weighted by atomic mass is 79.9. The maximum absolute atomic E-state index is 11.7. The minimum Gasteiger partial charge on any atom is -0.372 e. The number of halogens is 4. The van der Waals surface area contributed by atoms with Gasteiger partial charge in [-0.15, -0.1) is 0 Å². The van der Waals surface area contributed by atoms with Gasteiger partial charge in [0.05, 0.1) is 0 Å². The van der Waals surface area contributed by atoms with Crippen molar-refractivity contribution in [2.24, 2.45) is 5.41 Å². The standard InChI is InChI=1S/C9H14BrF3O/c10-6-8(3-4-8)2-1-5-14-7-9(11,12)13/h1-7H2. The Balaban J connectivity index is 1.95. The van der Waals surface area contributed by atoms with Gasteiger partial charge in [0.15, 0.2) is 0 Å². The van der Waals surface area contributed by atoms with Crippen molar-refractivity contribution in [1.82, 2.24) is 0 Å². The number of hydrogen-bond acceptors (Lipinski definition) is 1. The van der Waals surface area contributed by atoms with E-state index < -0.39 is 12.8 Å². The molecule has 1 saturated carbocycles. The van der Waals surface area contributed by atoms with Crippen LogP contribution in [0.5, 0.6) is 0 Å². The zero-order chi connectivity index (χ0) is 10.7. The number of alkyl halides is 4. The van der Waals surface area contributed by atoms with Crippen LogP contribution in [0, 0.1) is 5.41 Å². The van der Waals surface area contributed by atoms with E-state index in [2.05, 4.69) is 20.7 Å². The molecule has 1 fully saturated rings. The molecule has 0 aliphatic heterocycles. The van der Waals surface area contributed by atoms with Crippen LogP contribution in [0.2, 0.25) is 0 Å². The topological polar surface area (TPSA) is 9.23 Å². The molecule has 1 aliphatic rings. The van der Waals surface area contributed by atoms with E-state index in [9.17, 15) is 13.2 Å². The Labute approximate surface area is 90.1 Å². The van der Waals surface area contributed by atoms with Crippen molar-refractivity contribution in [3.05, 3.63) is 0 Å². The first-order valence-electron chi connectivity index (χ1n) is 4.68. The van der Waals surface area contributed by atoms with Gasteiger partial charge < -0.3 is 4.74 Å². The molecule has 0 unspecified atom stereocenters. The number of hydrogen-bond donors (Lipinski definition) is 0. The molecular weight excluding hydrogens is 261 g/mol. The fourth-order valence-corrected chi connectivity index (χ4v) is 2.21. The molecular formula is C9H14BrF3O. The third kappa shape index (κ3) is 4.64. The summed E-state index contributed by atoms with van der Waals surface area (Å²) in [7, 11) is 0. The second-order valence-corrected chi connectivity index (χ2v) is 4.47. The minimum atomic E-state index is -4.19. The molecule has 0 atom stereocenters. The van der Waals surface area contributed by atoms with Crippen molar-refractivity contribution >= 4 is 15.9 Å². The molecule has 0 saturated heterocycles. The van der Waals surface area contributed by atoms with Gasteiger partial charge in [0.25, 0.3) is 0 Å². The molecule has 0 bridgehead atoms. The second kappa shape index (κ2) is 4.84. The van der Waals surface area contributed by atoms with Gasteiger partial charge in [0, 0.05) is 11.9 Å². The lowest BCUT2D eigenvalue weighted by atomic mass is 10.0. The van der Waals surface area contributed by atoms with Crippen LogP contribution in [0.4, 0.5) is 13.2 Å². The zero-order valence-electron chi connectivity index (χ0n) is 7.87. The van der Waals surface area contributed by atoms with Gasteiger partial charge in [0.2, 0.25) is 0 Å². The summed E-state index contributed by atoms with van der Waals surface area (Å²) < 4.78 is 39.5. The quantitative estimate of drug-likeness (QED) is 0.532. The van der Waals surface area contributed by atoms with Crippen molar-refractivity contribution < 1.29 is 17.9 Å². The molecule has 0 heterocycles. The Bertz CT molecular complexity index is 177. The summed E-state index contributed by atoms with van der Waals surface area (Å²) in [5.74, 6) is 0. The molecule has 0 aromatic heterocycles. The summed E-state index contributed by atoms with van der Waals surface area (Å²) in [6.45, 7) is -0.900. The monoisotopic (exact) mass is 274 g/mol. The van der Waals surface area contributed by atoms with Gasteiger partial charge in [-0.3, -0.25) is 0 Å². The molecule has 1 aliphatic carbocycles. The van der Waals surface area contributed by atoms with E-state index >= 15 is 0 Å². The van der Waals surface area contributed by atoms with Crippen LogP contribution in [0.1, 0.15) is 25.7 Å².